The normalized spacial score (nSPS) is 10.8. The summed E-state index contributed by atoms with van der Waals surface area (Å²) in [6.07, 6.45) is 2.24. The van der Waals surface area contributed by atoms with E-state index in [0.717, 1.165) is 23.1 Å². The average molecular weight is 392 g/mol. The first kappa shape index (κ1) is 22.2. The van der Waals surface area contributed by atoms with Crippen LogP contribution in [0.5, 0.6) is 0 Å². The van der Waals surface area contributed by atoms with E-state index in [-0.39, 0.29) is 11.8 Å². The molecular formula is C24H29N3O2. The Hall–Kier alpha value is -3.13. The van der Waals surface area contributed by atoms with Crippen LogP contribution in [0.15, 0.2) is 48.5 Å². The van der Waals surface area contributed by atoms with Gasteiger partial charge in [-0.15, -0.1) is 0 Å². The van der Waals surface area contributed by atoms with Crippen molar-refractivity contribution < 1.29 is 9.59 Å². The minimum atomic E-state index is -0.877. The molecule has 0 spiro atoms. The smallest absolute Gasteiger partial charge is 0.246 e. The van der Waals surface area contributed by atoms with Crippen molar-refractivity contribution in [3.63, 3.8) is 0 Å². The van der Waals surface area contributed by atoms with Gasteiger partial charge in [0.25, 0.3) is 0 Å². The van der Waals surface area contributed by atoms with E-state index in [0.29, 0.717) is 31.4 Å². The van der Waals surface area contributed by atoms with Gasteiger partial charge in [-0.1, -0.05) is 63.2 Å². The Morgan fingerprint density at radius 1 is 1.00 bits per heavy atom. The van der Waals surface area contributed by atoms with E-state index in [4.69, 9.17) is 0 Å². The molecule has 2 amide bonds. The minimum absolute atomic E-state index is 0.0909. The molecule has 0 heterocycles. The Labute approximate surface area is 173 Å². The maximum atomic E-state index is 12.9. The molecule has 0 saturated heterocycles. The van der Waals surface area contributed by atoms with Crippen LogP contribution in [0.4, 0.5) is 0 Å². The van der Waals surface area contributed by atoms with Gasteiger partial charge >= 0.3 is 0 Å². The molecule has 2 aromatic carbocycles. The van der Waals surface area contributed by atoms with Gasteiger partial charge in [0.05, 0.1) is 11.6 Å². The van der Waals surface area contributed by atoms with Crippen LogP contribution in [-0.4, -0.2) is 17.4 Å². The van der Waals surface area contributed by atoms with Crippen LogP contribution in [0, 0.1) is 11.3 Å². The van der Waals surface area contributed by atoms with Gasteiger partial charge in [0.2, 0.25) is 11.8 Å². The molecule has 0 atom stereocenters. The van der Waals surface area contributed by atoms with Gasteiger partial charge in [-0.2, -0.15) is 5.26 Å². The molecular weight excluding hydrogens is 362 g/mol. The molecule has 0 aromatic heterocycles. The Bertz CT molecular complexity index is 878. The first-order valence-electron chi connectivity index (χ1n) is 10.2. The summed E-state index contributed by atoms with van der Waals surface area (Å²) in [5.74, 6) is -0.252. The molecule has 0 aliphatic heterocycles. The lowest BCUT2D eigenvalue weighted by atomic mass is 9.91. The van der Waals surface area contributed by atoms with E-state index >= 15 is 0 Å². The highest BCUT2D eigenvalue weighted by atomic mass is 16.2. The summed E-state index contributed by atoms with van der Waals surface area (Å²) in [5, 5.41) is 15.2. The molecule has 0 radical (unpaired) electrons. The molecule has 29 heavy (non-hydrogen) atoms. The molecule has 0 aliphatic carbocycles. The van der Waals surface area contributed by atoms with E-state index in [1.807, 2.05) is 63.2 Å². The van der Waals surface area contributed by atoms with Crippen LogP contribution in [-0.2, 0) is 16.1 Å². The number of hydrogen-bond acceptors (Lipinski definition) is 3. The highest BCUT2D eigenvalue weighted by Gasteiger charge is 2.35. The summed E-state index contributed by atoms with van der Waals surface area (Å²) in [7, 11) is 0. The maximum absolute atomic E-state index is 12.9. The molecule has 0 unspecified atom stereocenters. The monoisotopic (exact) mass is 391 g/mol. The van der Waals surface area contributed by atoms with Crippen LogP contribution in [0.3, 0.4) is 0 Å². The molecule has 0 fully saturated rings. The Kier molecular flexibility index (Phi) is 7.97. The lowest BCUT2D eigenvalue weighted by Gasteiger charge is -2.31. The number of carbonyl (C=O) groups is 2. The Morgan fingerprint density at radius 3 is 2.24 bits per heavy atom. The zero-order valence-corrected chi connectivity index (χ0v) is 17.4. The fraction of sp³-hybridized carbons (Fsp3) is 0.375. The highest BCUT2D eigenvalue weighted by molar-refractivity contribution is 5.91. The van der Waals surface area contributed by atoms with Crippen LogP contribution < -0.4 is 10.6 Å². The number of rotatable bonds is 9. The first-order valence-corrected chi connectivity index (χ1v) is 10.2. The van der Waals surface area contributed by atoms with Gasteiger partial charge < -0.3 is 10.6 Å². The number of benzene rings is 2. The molecule has 2 N–H and O–H groups in total. The number of hydrogen-bond donors (Lipinski definition) is 2. The largest absolute Gasteiger partial charge is 0.350 e. The van der Waals surface area contributed by atoms with Crippen molar-refractivity contribution >= 4 is 11.8 Å². The van der Waals surface area contributed by atoms with Crippen molar-refractivity contribution in [1.29, 1.82) is 5.26 Å². The summed E-state index contributed by atoms with van der Waals surface area (Å²) in [4.78, 5) is 24.9. The van der Waals surface area contributed by atoms with Crippen LogP contribution in [0.1, 0.15) is 57.6 Å². The first-order chi connectivity index (χ1) is 14.0. The highest BCUT2D eigenvalue weighted by Crippen LogP contribution is 2.23. The summed E-state index contributed by atoms with van der Waals surface area (Å²) in [6.45, 7) is 6.15. The third-order valence-corrected chi connectivity index (χ3v) is 5.26. The molecule has 5 heteroatoms. The lowest BCUT2D eigenvalue weighted by Crippen LogP contribution is -2.58. The summed E-state index contributed by atoms with van der Waals surface area (Å²) >= 11 is 0. The zero-order chi connectivity index (χ0) is 21.3. The third kappa shape index (κ3) is 5.45. The maximum Gasteiger partial charge on any atom is 0.246 e. The Balaban J connectivity index is 2.07. The van der Waals surface area contributed by atoms with Crippen LogP contribution >= 0.6 is 0 Å². The SMILES string of the molecule is CCCC(=O)NC(CC)(CC)C(=O)NCc1ccc(-c2ccccc2C#N)cc1. The molecule has 2 rings (SSSR count). The van der Waals surface area contributed by atoms with E-state index in [1.54, 1.807) is 6.07 Å². The second-order valence-electron chi connectivity index (χ2n) is 7.12. The number of nitrogens with zero attached hydrogens (tertiary/aromatic N) is 1. The molecule has 0 saturated carbocycles. The lowest BCUT2D eigenvalue weighted by molar-refractivity contribution is -0.134. The van der Waals surface area contributed by atoms with E-state index in [1.165, 1.54) is 0 Å². The number of nitrogens with one attached hydrogen (secondary N) is 2. The number of nitriles is 1. The van der Waals surface area contributed by atoms with Gasteiger partial charge in [-0.25, -0.2) is 0 Å². The number of carbonyl (C=O) groups excluding carboxylic acids is 2. The molecule has 152 valence electrons. The zero-order valence-electron chi connectivity index (χ0n) is 17.4. The van der Waals surface area contributed by atoms with Crippen molar-refractivity contribution in [2.75, 3.05) is 0 Å². The molecule has 0 aliphatic rings. The fourth-order valence-electron chi connectivity index (χ4n) is 3.35. The minimum Gasteiger partial charge on any atom is -0.350 e. The van der Waals surface area contributed by atoms with Crippen molar-refractivity contribution in [2.45, 2.75) is 58.5 Å². The fourth-order valence-corrected chi connectivity index (χ4v) is 3.35. The molecule has 0 bridgehead atoms. The molecule has 2 aromatic rings. The van der Waals surface area contributed by atoms with Gasteiger partial charge in [0.15, 0.2) is 0 Å². The second-order valence-corrected chi connectivity index (χ2v) is 7.12. The standard InChI is InChI=1S/C24H29N3O2/c1-4-9-22(28)27-24(5-2,6-3)23(29)26-17-18-12-14-19(15-13-18)21-11-8-7-10-20(21)16-25/h7-8,10-15H,4-6,9,17H2,1-3H3,(H,26,29)(H,27,28). The van der Waals surface area contributed by atoms with E-state index < -0.39 is 5.54 Å². The summed E-state index contributed by atoms with van der Waals surface area (Å²) in [6, 6.07) is 17.5. The second kappa shape index (κ2) is 10.4. The van der Waals surface area contributed by atoms with Crippen molar-refractivity contribution in [2.24, 2.45) is 0 Å². The molecule has 5 nitrogen and oxygen atoms in total. The van der Waals surface area contributed by atoms with Crippen molar-refractivity contribution in [3.05, 3.63) is 59.7 Å². The van der Waals surface area contributed by atoms with Crippen molar-refractivity contribution in [1.82, 2.24) is 10.6 Å². The summed E-state index contributed by atoms with van der Waals surface area (Å²) in [5.41, 5.74) is 2.56. The topological polar surface area (TPSA) is 82.0 Å². The average Bonchev–Trinajstić information content (AvgIpc) is 2.76. The summed E-state index contributed by atoms with van der Waals surface area (Å²) < 4.78 is 0. The third-order valence-electron chi connectivity index (χ3n) is 5.26. The van der Waals surface area contributed by atoms with Gasteiger partial charge in [0.1, 0.15) is 5.54 Å². The van der Waals surface area contributed by atoms with Gasteiger partial charge in [-0.3, -0.25) is 9.59 Å². The van der Waals surface area contributed by atoms with Gasteiger partial charge in [-0.05, 0) is 42.0 Å². The number of amides is 2. The predicted octanol–water partition coefficient (Wildman–Crippen LogP) is 4.32. The van der Waals surface area contributed by atoms with E-state index in [9.17, 15) is 14.9 Å². The van der Waals surface area contributed by atoms with E-state index in [2.05, 4.69) is 16.7 Å². The van der Waals surface area contributed by atoms with Gasteiger partial charge in [0, 0.05) is 13.0 Å². The predicted molar refractivity (Wildman–Crippen MR) is 115 cm³/mol. The quantitative estimate of drug-likeness (QED) is 0.668. The van der Waals surface area contributed by atoms with Crippen molar-refractivity contribution in [3.8, 4) is 17.2 Å². The Morgan fingerprint density at radius 2 is 1.66 bits per heavy atom. The van der Waals surface area contributed by atoms with Crippen LogP contribution in [0.2, 0.25) is 0 Å². The van der Waals surface area contributed by atoms with Crippen LogP contribution in [0.25, 0.3) is 11.1 Å².